The minimum Gasteiger partial charge on any atom is -0.353 e. The van der Waals surface area contributed by atoms with Crippen LogP contribution in [0, 0.1) is 13.8 Å². The molecule has 5 heteroatoms. The van der Waals surface area contributed by atoms with Crippen molar-refractivity contribution in [1.29, 1.82) is 0 Å². The fraction of sp³-hybridized carbons (Fsp3) is 0.652. The SMILES string of the molecule is Cc1ccc(CCC(=O)NC2CCN(C(=O)NC3CCCCC3)CC2)c(C)c1. The van der Waals surface area contributed by atoms with E-state index in [1.165, 1.54) is 36.0 Å². The normalized spacial score (nSPS) is 18.7. The molecular weight excluding hydrogens is 350 g/mol. The standard InChI is InChI=1S/C23H35N3O2/c1-17-8-9-19(18(2)16-17)10-11-22(27)24-21-12-14-26(15-13-21)23(28)25-20-6-4-3-5-7-20/h8-9,16,20-21H,3-7,10-15H2,1-2H3,(H,24,27)(H,25,28). The first kappa shape index (κ1) is 20.7. The highest BCUT2D eigenvalue weighted by atomic mass is 16.2. The molecule has 0 radical (unpaired) electrons. The highest BCUT2D eigenvalue weighted by molar-refractivity contribution is 5.77. The second kappa shape index (κ2) is 9.94. The van der Waals surface area contributed by atoms with E-state index >= 15 is 0 Å². The first-order valence-electron chi connectivity index (χ1n) is 10.9. The molecule has 2 aliphatic rings. The summed E-state index contributed by atoms with van der Waals surface area (Å²) >= 11 is 0. The van der Waals surface area contributed by atoms with Gasteiger partial charge in [0.05, 0.1) is 0 Å². The van der Waals surface area contributed by atoms with Gasteiger partial charge in [-0.05, 0) is 57.1 Å². The number of aryl methyl sites for hydroxylation is 3. The molecule has 1 heterocycles. The third-order valence-corrected chi connectivity index (χ3v) is 6.20. The van der Waals surface area contributed by atoms with Crippen molar-refractivity contribution in [3.8, 4) is 0 Å². The molecule has 0 aromatic heterocycles. The molecule has 0 unspecified atom stereocenters. The van der Waals surface area contributed by atoms with Crippen LogP contribution in [0.2, 0.25) is 0 Å². The van der Waals surface area contributed by atoms with E-state index in [0.29, 0.717) is 12.5 Å². The third kappa shape index (κ3) is 5.98. The molecule has 0 bridgehead atoms. The van der Waals surface area contributed by atoms with Crippen molar-refractivity contribution in [3.05, 3.63) is 34.9 Å². The molecule has 0 atom stereocenters. The molecule has 1 aromatic carbocycles. The van der Waals surface area contributed by atoms with Crippen LogP contribution in [-0.4, -0.2) is 42.0 Å². The van der Waals surface area contributed by atoms with E-state index < -0.39 is 0 Å². The molecule has 3 amide bonds. The number of hydrogen-bond donors (Lipinski definition) is 2. The van der Waals surface area contributed by atoms with Crippen molar-refractivity contribution in [1.82, 2.24) is 15.5 Å². The Hall–Kier alpha value is -2.04. The average molecular weight is 386 g/mol. The van der Waals surface area contributed by atoms with E-state index in [0.717, 1.165) is 45.2 Å². The van der Waals surface area contributed by atoms with Crippen molar-refractivity contribution in [3.63, 3.8) is 0 Å². The third-order valence-electron chi connectivity index (χ3n) is 6.20. The van der Waals surface area contributed by atoms with Gasteiger partial charge in [0.2, 0.25) is 5.91 Å². The van der Waals surface area contributed by atoms with Gasteiger partial charge in [-0.15, -0.1) is 0 Å². The van der Waals surface area contributed by atoms with Crippen LogP contribution in [0.25, 0.3) is 0 Å². The minimum absolute atomic E-state index is 0.0755. The van der Waals surface area contributed by atoms with Crippen LogP contribution in [0.15, 0.2) is 18.2 Å². The lowest BCUT2D eigenvalue weighted by atomic mass is 9.95. The monoisotopic (exact) mass is 385 g/mol. The molecule has 0 spiro atoms. The lowest BCUT2D eigenvalue weighted by molar-refractivity contribution is -0.122. The molecule has 1 saturated carbocycles. The van der Waals surface area contributed by atoms with E-state index in [-0.39, 0.29) is 18.0 Å². The number of nitrogens with one attached hydrogen (secondary N) is 2. The summed E-state index contributed by atoms with van der Waals surface area (Å²) < 4.78 is 0. The number of hydrogen-bond acceptors (Lipinski definition) is 2. The Morgan fingerprint density at radius 1 is 0.964 bits per heavy atom. The summed E-state index contributed by atoms with van der Waals surface area (Å²) in [6.07, 6.45) is 8.94. The number of nitrogens with zero attached hydrogens (tertiary/aromatic N) is 1. The number of benzene rings is 1. The molecular formula is C23H35N3O2. The van der Waals surface area contributed by atoms with Gasteiger partial charge in [-0.1, -0.05) is 43.0 Å². The number of urea groups is 1. The predicted molar refractivity (Wildman–Crippen MR) is 112 cm³/mol. The highest BCUT2D eigenvalue weighted by Crippen LogP contribution is 2.18. The van der Waals surface area contributed by atoms with Gasteiger partial charge in [-0.2, -0.15) is 0 Å². The van der Waals surface area contributed by atoms with E-state index in [1.54, 1.807) is 0 Å². The van der Waals surface area contributed by atoms with E-state index in [9.17, 15) is 9.59 Å². The quantitative estimate of drug-likeness (QED) is 0.808. The van der Waals surface area contributed by atoms with Crippen molar-refractivity contribution in [2.75, 3.05) is 13.1 Å². The summed E-state index contributed by atoms with van der Waals surface area (Å²) in [7, 11) is 0. The number of amides is 3. The Labute approximate surface area is 169 Å². The maximum Gasteiger partial charge on any atom is 0.317 e. The van der Waals surface area contributed by atoms with Gasteiger partial charge in [-0.25, -0.2) is 4.79 Å². The number of carbonyl (C=O) groups is 2. The zero-order valence-electron chi connectivity index (χ0n) is 17.4. The molecule has 1 aliphatic heterocycles. The Morgan fingerprint density at radius 2 is 1.64 bits per heavy atom. The Balaban J connectivity index is 1.36. The molecule has 2 N–H and O–H groups in total. The number of rotatable bonds is 5. The topological polar surface area (TPSA) is 61.4 Å². The predicted octanol–water partition coefficient (Wildman–Crippen LogP) is 3.86. The first-order valence-corrected chi connectivity index (χ1v) is 10.9. The number of piperidine rings is 1. The lowest BCUT2D eigenvalue weighted by Crippen LogP contribution is -2.51. The van der Waals surface area contributed by atoms with Crippen molar-refractivity contribution in [2.45, 2.75) is 83.7 Å². The van der Waals surface area contributed by atoms with Crippen molar-refractivity contribution >= 4 is 11.9 Å². The number of carbonyl (C=O) groups excluding carboxylic acids is 2. The lowest BCUT2D eigenvalue weighted by Gasteiger charge is -2.34. The van der Waals surface area contributed by atoms with Gasteiger partial charge in [0.15, 0.2) is 0 Å². The van der Waals surface area contributed by atoms with Gasteiger partial charge in [0, 0.05) is 31.6 Å². The maximum absolute atomic E-state index is 12.4. The summed E-state index contributed by atoms with van der Waals surface area (Å²) in [6.45, 7) is 5.64. The largest absolute Gasteiger partial charge is 0.353 e. The van der Waals surface area contributed by atoms with Crippen LogP contribution in [0.5, 0.6) is 0 Å². The average Bonchev–Trinajstić information content (AvgIpc) is 2.68. The van der Waals surface area contributed by atoms with E-state index in [1.807, 2.05) is 4.90 Å². The van der Waals surface area contributed by atoms with Crippen molar-refractivity contribution in [2.24, 2.45) is 0 Å². The molecule has 1 aliphatic carbocycles. The van der Waals surface area contributed by atoms with Crippen LogP contribution >= 0.6 is 0 Å². The Bertz CT molecular complexity index is 674. The van der Waals surface area contributed by atoms with Gasteiger partial charge in [0.25, 0.3) is 0 Å². The summed E-state index contributed by atoms with van der Waals surface area (Å²) in [6, 6.07) is 7.01. The van der Waals surface area contributed by atoms with Gasteiger partial charge in [-0.3, -0.25) is 4.79 Å². The molecule has 1 aromatic rings. The maximum atomic E-state index is 12.4. The van der Waals surface area contributed by atoms with E-state index in [4.69, 9.17) is 0 Å². The smallest absolute Gasteiger partial charge is 0.317 e. The van der Waals surface area contributed by atoms with Crippen LogP contribution in [0.3, 0.4) is 0 Å². The van der Waals surface area contributed by atoms with Crippen LogP contribution in [0.4, 0.5) is 4.79 Å². The van der Waals surface area contributed by atoms with Gasteiger partial charge >= 0.3 is 6.03 Å². The number of likely N-dealkylation sites (tertiary alicyclic amines) is 1. The summed E-state index contributed by atoms with van der Waals surface area (Å²) in [5.74, 6) is 0.116. The van der Waals surface area contributed by atoms with Crippen LogP contribution in [0.1, 0.15) is 68.1 Å². The molecule has 1 saturated heterocycles. The molecule has 154 valence electrons. The van der Waals surface area contributed by atoms with Crippen molar-refractivity contribution < 1.29 is 9.59 Å². The summed E-state index contributed by atoms with van der Waals surface area (Å²) in [5.41, 5.74) is 3.75. The second-order valence-electron chi connectivity index (χ2n) is 8.54. The molecule has 3 rings (SSSR count). The van der Waals surface area contributed by atoms with E-state index in [2.05, 4.69) is 42.7 Å². The van der Waals surface area contributed by atoms with Crippen LogP contribution in [-0.2, 0) is 11.2 Å². The second-order valence-corrected chi connectivity index (χ2v) is 8.54. The minimum atomic E-state index is 0.0755. The zero-order valence-corrected chi connectivity index (χ0v) is 17.4. The fourth-order valence-corrected chi connectivity index (χ4v) is 4.41. The Morgan fingerprint density at radius 3 is 2.32 bits per heavy atom. The van der Waals surface area contributed by atoms with Gasteiger partial charge in [0.1, 0.15) is 0 Å². The summed E-state index contributed by atoms with van der Waals surface area (Å²) in [4.78, 5) is 26.7. The molecule has 28 heavy (non-hydrogen) atoms. The fourth-order valence-electron chi connectivity index (χ4n) is 4.41. The molecule has 2 fully saturated rings. The molecule has 5 nitrogen and oxygen atoms in total. The highest BCUT2D eigenvalue weighted by Gasteiger charge is 2.25. The summed E-state index contributed by atoms with van der Waals surface area (Å²) in [5, 5.41) is 6.35. The Kier molecular flexibility index (Phi) is 7.35. The van der Waals surface area contributed by atoms with Gasteiger partial charge < -0.3 is 15.5 Å². The zero-order chi connectivity index (χ0) is 19.9. The van der Waals surface area contributed by atoms with Crippen LogP contribution < -0.4 is 10.6 Å². The first-order chi connectivity index (χ1) is 13.5.